The number of dihydropyridines is 1. The van der Waals surface area contributed by atoms with E-state index in [0.29, 0.717) is 35.7 Å². The fourth-order valence-corrected chi connectivity index (χ4v) is 5.63. The Morgan fingerprint density at radius 2 is 1.86 bits per heavy atom. The van der Waals surface area contributed by atoms with Crippen LogP contribution in [0.1, 0.15) is 90.5 Å². The van der Waals surface area contributed by atoms with E-state index in [9.17, 15) is 9.59 Å². The number of hydrogen-bond acceptors (Lipinski definition) is 6. The Labute approximate surface area is 209 Å². The molecule has 1 heterocycles. The molecule has 2 aliphatic carbocycles. The molecule has 0 bridgehead atoms. The molecule has 35 heavy (non-hydrogen) atoms. The maximum atomic E-state index is 13.6. The van der Waals surface area contributed by atoms with Gasteiger partial charge in [-0.1, -0.05) is 33.3 Å². The molecule has 4 rings (SSSR count). The molecule has 190 valence electrons. The summed E-state index contributed by atoms with van der Waals surface area (Å²) in [5, 5.41) is 3.42. The van der Waals surface area contributed by atoms with Crippen LogP contribution >= 0.6 is 0 Å². The maximum Gasteiger partial charge on any atom is 0.337 e. The molecule has 6 nitrogen and oxygen atoms in total. The summed E-state index contributed by atoms with van der Waals surface area (Å²) in [5.41, 5.74) is 3.56. The normalized spacial score (nSPS) is 22.4. The van der Waals surface area contributed by atoms with Gasteiger partial charge in [0.2, 0.25) is 0 Å². The molecule has 1 aromatic rings. The minimum atomic E-state index is -0.500. The lowest BCUT2D eigenvalue weighted by molar-refractivity contribution is -0.146. The molecular weight excluding hydrogens is 442 g/mol. The number of nitrogens with one attached hydrogen (secondary N) is 1. The number of esters is 1. The Hall–Kier alpha value is -2.76. The lowest BCUT2D eigenvalue weighted by atomic mass is 9.68. The third-order valence-corrected chi connectivity index (χ3v) is 7.27. The summed E-state index contributed by atoms with van der Waals surface area (Å²) in [4.78, 5) is 27.1. The van der Waals surface area contributed by atoms with Crippen LogP contribution in [-0.4, -0.2) is 31.6 Å². The zero-order valence-electron chi connectivity index (χ0n) is 21.8. The second-order valence-electron chi connectivity index (χ2n) is 10.9. The third-order valence-electron chi connectivity index (χ3n) is 7.27. The van der Waals surface area contributed by atoms with Crippen molar-refractivity contribution in [3.8, 4) is 11.5 Å². The largest absolute Gasteiger partial charge is 0.493 e. The number of carbonyl (C=O) groups is 2. The van der Waals surface area contributed by atoms with E-state index >= 15 is 0 Å². The Balaban J connectivity index is 1.77. The van der Waals surface area contributed by atoms with E-state index in [-0.39, 0.29) is 23.3 Å². The Bertz CT molecular complexity index is 1050. The number of carbonyl (C=O) groups excluding carboxylic acids is 2. The third kappa shape index (κ3) is 5.41. The second-order valence-corrected chi connectivity index (χ2v) is 10.9. The Morgan fingerprint density at radius 1 is 1.11 bits per heavy atom. The molecule has 1 atom stereocenters. The average molecular weight is 482 g/mol. The van der Waals surface area contributed by atoms with Gasteiger partial charge >= 0.3 is 5.97 Å². The fourth-order valence-electron chi connectivity index (χ4n) is 5.63. The lowest BCUT2D eigenvalue weighted by Crippen LogP contribution is -2.39. The highest BCUT2D eigenvalue weighted by atomic mass is 16.5. The quantitative estimate of drug-likeness (QED) is 0.484. The number of benzene rings is 1. The molecule has 1 aromatic carbocycles. The van der Waals surface area contributed by atoms with Crippen molar-refractivity contribution in [3.63, 3.8) is 0 Å². The van der Waals surface area contributed by atoms with Crippen LogP contribution in [0.25, 0.3) is 0 Å². The van der Waals surface area contributed by atoms with E-state index < -0.39 is 5.92 Å². The highest BCUT2D eigenvalue weighted by molar-refractivity contribution is 6.04. The van der Waals surface area contributed by atoms with Crippen LogP contribution in [0.15, 0.2) is 40.7 Å². The van der Waals surface area contributed by atoms with Crippen LogP contribution in [0, 0.1) is 5.41 Å². The predicted octanol–water partition coefficient (Wildman–Crippen LogP) is 5.96. The number of hydrogen-bond donors (Lipinski definition) is 1. The summed E-state index contributed by atoms with van der Waals surface area (Å²) in [6, 6.07) is 5.73. The van der Waals surface area contributed by atoms with Crippen molar-refractivity contribution in [1.82, 2.24) is 5.32 Å². The van der Waals surface area contributed by atoms with Crippen LogP contribution in [0.4, 0.5) is 0 Å². The predicted molar refractivity (Wildman–Crippen MR) is 135 cm³/mol. The Morgan fingerprint density at radius 3 is 2.54 bits per heavy atom. The number of ether oxygens (including phenoxy) is 3. The van der Waals surface area contributed by atoms with Crippen LogP contribution in [0.2, 0.25) is 0 Å². The van der Waals surface area contributed by atoms with E-state index in [0.717, 1.165) is 55.5 Å². The first-order chi connectivity index (χ1) is 16.7. The first-order valence-corrected chi connectivity index (χ1v) is 13.0. The number of Topliss-reactive ketones (excluding diaryl/α,β-unsaturated/α-hetero) is 1. The number of ketones is 1. The molecule has 0 aromatic heterocycles. The first-order valence-electron chi connectivity index (χ1n) is 13.0. The van der Waals surface area contributed by atoms with E-state index in [1.807, 2.05) is 25.1 Å². The Kier molecular flexibility index (Phi) is 7.58. The topological polar surface area (TPSA) is 73.9 Å². The fraction of sp³-hybridized carbons (Fsp3) is 0.586. The molecule has 1 N–H and O–H groups in total. The average Bonchev–Trinajstić information content (AvgIpc) is 2.81. The van der Waals surface area contributed by atoms with Crippen molar-refractivity contribution < 1.29 is 23.8 Å². The highest BCUT2D eigenvalue weighted by Crippen LogP contribution is 2.48. The van der Waals surface area contributed by atoms with Crippen molar-refractivity contribution >= 4 is 11.8 Å². The minimum absolute atomic E-state index is 0.0621. The van der Waals surface area contributed by atoms with Gasteiger partial charge in [0.15, 0.2) is 17.3 Å². The van der Waals surface area contributed by atoms with Gasteiger partial charge in [0.05, 0.1) is 19.3 Å². The summed E-state index contributed by atoms with van der Waals surface area (Å²) in [6.07, 6.45) is 7.17. The number of allylic oxidation sites excluding steroid dienone is 3. The van der Waals surface area contributed by atoms with Crippen molar-refractivity contribution in [2.24, 2.45) is 5.41 Å². The van der Waals surface area contributed by atoms with Gasteiger partial charge in [-0.2, -0.15) is 0 Å². The van der Waals surface area contributed by atoms with Gasteiger partial charge in [-0.3, -0.25) is 4.79 Å². The summed E-state index contributed by atoms with van der Waals surface area (Å²) in [6.45, 7) is 8.78. The van der Waals surface area contributed by atoms with Crippen molar-refractivity contribution in [1.29, 1.82) is 0 Å². The molecule has 0 spiro atoms. The summed E-state index contributed by atoms with van der Waals surface area (Å²) in [7, 11) is 1.61. The number of rotatable bonds is 7. The molecule has 6 heteroatoms. The van der Waals surface area contributed by atoms with E-state index in [1.165, 1.54) is 6.42 Å². The van der Waals surface area contributed by atoms with Gasteiger partial charge in [0.25, 0.3) is 0 Å². The molecule has 1 aliphatic heterocycles. The molecule has 0 radical (unpaired) electrons. The first kappa shape index (κ1) is 25.3. The SMILES string of the molecule is CCCOc1ccc(C2C(C(=O)OC3CCCCC3)=C(C)NC3=C2C(=O)CC(C)(C)C3)cc1OC. The van der Waals surface area contributed by atoms with Gasteiger partial charge in [-0.25, -0.2) is 4.79 Å². The van der Waals surface area contributed by atoms with Crippen LogP contribution in [0.3, 0.4) is 0 Å². The minimum Gasteiger partial charge on any atom is -0.493 e. The monoisotopic (exact) mass is 481 g/mol. The zero-order chi connectivity index (χ0) is 25.2. The smallest absolute Gasteiger partial charge is 0.337 e. The summed E-state index contributed by atoms with van der Waals surface area (Å²) < 4.78 is 17.5. The lowest BCUT2D eigenvalue weighted by Gasteiger charge is -2.39. The maximum absolute atomic E-state index is 13.6. The van der Waals surface area contributed by atoms with Crippen LogP contribution < -0.4 is 14.8 Å². The van der Waals surface area contributed by atoms with Crippen molar-refractivity contribution in [3.05, 3.63) is 46.3 Å². The van der Waals surface area contributed by atoms with Gasteiger partial charge in [0, 0.05) is 29.3 Å². The summed E-state index contributed by atoms with van der Waals surface area (Å²) >= 11 is 0. The molecule has 1 fully saturated rings. The summed E-state index contributed by atoms with van der Waals surface area (Å²) in [5.74, 6) is 0.498. The van der Waals surface area contributed by atoms with E-state index in [4.69, 9.17) is 14.2 Å². The molecule has 1 unspecified atom stereocenters. The second kappa shape index (κ2) is 10.5. The number of methoxy groups -OCH3 is 1. The molecule has 1 saturated carbocycles. The van der Waals surface area contributed by atoms with E-state index in [1.54, 1.807) is 7.11 Å². The zero-order valence-corrected chi connectivity index (χ0v) is 21.8. The van der Waals surface area contributed by atoms with Gasteiger partial charge in [-0.15, -0.1) is 0 Å². The van der Waals surface area contributed by atoms with E-state index in [2.05, 4.69) is 26.1 Å². The molecular formula is C29H39NO5. The molecule has 0 amide bonds. The standard InChI is InChI=1S/C29H39NO5/c1-6-14-34-23-13-12-19(15-24(23)33-5)26-25(28(32)35-20-10-8-7-9-11-20)18(2)30-21-16-29(3,4)17-22(31)27(21)26/h12-13,15,20,26,30H,6-11,14,16-17H2,1-5H3. The molecule has 3 aliphatic rings. The highest BCUT2D eigenvalue weighted by Gasteiger charge is 2.43. The van der Waals surface area contributed by atoms with Crippen molar-refractivity contribution in [2.75, 3.05) is 13.7 Å². The van der Waals surface area contributed by atoms with Gasteiger partial charge in [-0.05, 0) is 68.6 Å². The molecule has 0 saturated heterocycles. The van der Waals surface area contributed by atoms with Crippen LogP contribution in [0.5, 0.6) is 11.5 Å². The van der Waals surface area contributed by atoms with Crippen LogP contribution in [-0.2, 0) is 14.3 Å². The van der Waals surface area contributed by atoms with Gasteiger partial charge in [0.1, 0.15) is 6.10 Å². The van der Waals surface area contributed by atoms with Crippen molar-refractivity contribution in [2.45, 2.75) is 91.1 Å². The van der Waals surface area contributed by atoms with Gasteiger partial charge < -0.3 is 19.5 Å².